The van der Waals surface area contributed by atoms with Crippen LogP contribution in [0.1, 0.15) is 134 Å². The van der Waals surface area contributed by atoms with E-state index in [-0.39, 0.29) is 11.1 Å². The van der Waals surface area contributed by atoms with Crippen LogP contribution in [-0.4, -0.2) is 69.6 Å². The summed E-state index contributed by atoms with van der Waals surface area (Å²) in [5.74, 6) is 1.72. The Labute approximate surface area is 215 Å². The van der Waals surface area contributed by atoms with Crippen LogP contribution in [0.3, 0.4) is 0 Å². The third-order valence-electron chi connectivity index (χ3n) is 10.4. The number of likely N-dealkylation sites (tertiary alicyclic amines) is 2. The maximum atomic E-state index is 2.84. The van der Waals surface area contributed by atoms with E-state index < -0.39 is 0 Å². The Kier molecular flexibility index (Phi) is 9.82. The smallest absolute Gasteiger partial charge is 0.0170 e. The molecule has 0 bridgehead atoms. The van der Waals surface area contributed by atoms with Crippen molar-refractivity contribution in [3.63, 3.8) is 0 Å². The first-order chi connectivity index (χ1) is 15.4. The summed E-state index contributed by atoms with van der Waals surface area (Å²) in [6, 6.07) is 1.34. The topological polar surface area (TPSA) is 9.72 Å². The molecule has 0 aromatic carbocycles. The predicted molar refractivity (Wildman–Crippen MR) is 152 cm³/mol. The lowest BCUT2D eigenvalue weighted by Crippen LogP contribution is -2.63. The highest BCUT2D eigenvalue weighted by Crippen LogP contribution is 2.44. The second-order valence-electron chi connectivity index (χ2n) is 15.1. The Bertz CT molecular complexity index is 597. The largest absolute Gasteiger partial charge is 0.298 e. The fraction of sp³-hybridized carbons (Fsp3) is 1.00. The molecule has 0 N–H and O–H groups in total. The molecule has 2 rings (SSSR count). The molecule has 2 saturated heterocycles. The Morgan fingerprint density at radius 3 is 1.50 bits per heavy atom. The van der Waals surface area contributed by atoms with Gasteiger partial charge >= 0.3 is 0 Å². The van der Waals surface area contributed by atoms with Gasteiger partial charge in [0.25, 0.3) is 0 Å². The summed E-state index contributed by atoms with van der Waals surface area (Å²) in [5, 5.41) is 0. The summed E-state index contributed by atoms with van der Waals surface area (Å²) in [5.41, 5.74) is 1.18. The van der Waals surface area contributed by atoms with Gasteiger partial charge in [0.2, 0.25) is 0 Å². The van der Waals surface area contributed by atoms with Gasteiger partial charge < -0.3 is 0 Å². The standard InChI is InChI=1S/C31H63N3/c1-24(2)34(27-22-30(8,9)33(13)31(10,11)23-27)19-17-15-14-16-18-25(3)26-20-28(4,5)32(12)29(6,7)21-26/h24-27H,14-23H2,1-13H3. The van der Waals surface area contributed by atoms with Crippen molar-refractivity contribution in [2.24, 2.45) is 11.8 Å². The average molecular weight is 478 g/mol. The number of unbranched alkanes of at least 4 members (excludes halogenated alkanes) is 3. The van der Waals surface area contributed by atoms with Gasteiger partial charge in [0, 0.05) is 34.2 Å². The van der Waals surface area contributed by atoms with Crippen molar-refractivity contribution >= 4 is 0 Å². The zero-order chi connectivity index (χ0) is 26.1. The molecule has 0 aliphatic carbocycles. The van der Waals surface area contributed by atoms with E-state index in [9.17, 15) is 0 Å². The lowest BCUT2D eigenvalue weighted by atomic mass is 9.69. The highest BCUT2D eigenvalue weighted by molar-refractivity contribution is 5.02. The third kappa shape index (κ3) is 7.22. The van der Waals surface area contributed by atoms with Gasteiger partial charge in [0.1, 0.15) is 0 Å². The molecule has 202 valence electrons. The summed E-state index contributed by atoms with van der Waals surface area (Å²) in [6.45, 7) is 28.1. The van der Waals surface area contributed by atoms with Crippen LogP contribution in [0.25, 0.3) is 0 Å². The molecule has 2 heterocycles. The Balaban J connectivity index is 1.78. The summed E-state index contributed by atoms with van der Waals surface area (Å²) in [4.78, 5) is 8.07. The monoisotopic (exact) mass is 478 g/mol. The normalized spacial score (nSPS) is 26.9. The van der Waals surface area contributed by atoms with Gasteiger partial charge in [0.05, 0.1) is 0 Å². The molecule has 0 spiro atoms. The van der Waals surface area contributed by atoms with Crippen molar-refractivity contribution in [2.45, 2.75) is 168 Å². The summed E-state index contributed by atoms with van der Waals surface area (Å²) < 4.78 is 0. The number of rotatable bonds is 10. The minimum Gasteiger partial charge on any atom is -0.298 e. The number of piperidine rings is 2. The molecule has 2 aliphatic heterocycles. The maximum Gasteiger partial charge on any atom is 0.0170 e. The zero-order valence-electron chi connectivity index (χ0n) is 25.7. The zero-order valence-corrected chi connectivity index (χ0v) is 25.7. The molecule has 2 aliphatic rings. The van der Waals surface area contributed by atoms with E-state index >= 15 is 0 Å². The molecular weight excluding hydrogens is 414 g/mol. The van der Waals surface area contributed by atoms with Crippen LogP contribution >= 0.6 is 0 Å². The Hall–Kier alpha value is -0.120. The lowest BCUT2D eigenvalue weighted by molar-refractivity contribution is -0.0541. The van der Waals surface area contributed by atoms with E-state index in [1.807, 2.05) is 0 Å². The molecule has 34 heavy (non-hydrogen) atoms. The molecule has 0 aromatic heterocycles. The second-order valence-corrected chi connectivity index (χ2v) is 15.1. The molecule has 0 radical (unpaired) electrons. The van der Waals surface area contributed by atoms with Crippen molar-refractivity contribution < 1.29 is 0 Å². The second kappa shape index (κ2) is 11.1. The lowest BCUT2D eigenvalue weighted by Gasteiger charge is -2.56. The Morgan fingerprint density at radius 2 is 1.06 bits per heavy atom. The number of hydrogen-bond donors (Lipinski definition) is 0. The van der Waals surface area contributed by atoms with Gasteiger partial charge in [-0.25, -0.2) is 0 Å². The van der Waals surface area contributed by atoms with Crippen LogP contribution in [0.2, 0.25) is 0 Å². The van der Waals surface area contributed by atoms with Crippen LogP contribution in [0.5, 0.6) is 0 Å². The van der Waals surface area contributed by atoms with Gasteiger partial charge in [-0.2, -0.15) is 0 Å². The van der Waals surface area contributed by atoms with Gasteiger partial charge in [-0.05, 0) is 134 Å². The predicted octanol–water partition coefficient (Wildman–Crippen LogP) is 7.83. The van der Waals surface area contributed by atoms with Crippen molar-refractivity contribution in [3.8, 4) is 0 Å². The quantitative estimate of drug-likeness (QED) is 0.297. The fourth-order valence-corrected chi connectivity index (χ4v) is 7.62. The van der Waals surface area contributed by atoms with Gasteiger partial charge in [-0.3, -0.25) is 14.7 Å². The first-order valence-corrected chi connectivity index (χ1v) is 14.6. The first kappa shape index (κ1) is 30.1. The van der Waals surface area contributed by atoms with Crippen molar-refractivity contribution in [3.05, 3.63) is 0 Å². The van der Waals surface area contributed by atoms with Crippen molar-refractivity contribution in [1.82, 2.24) is 14.7 Å². The van der Waals surface area contributed by atoms with Crippen molar-refractivity contribution in [1.29, 1.82) is 0 Å². The molecule has 3 heteroatoms. The number of nitrogens with zero attached hydrogens (tertiary/aromatic N) is 3. The van der Waals surface area contributed by atoms with Crippen LogP contribution in [0, 0.1) is 11.8 Å². The SMILES string of the molecule is CC(CCCCCCN(C(C)C)C1CC(C)(C)N(C)C(C)(C)C1)C1CC(C)(C)N(C)C(C)(C)C1. The third-order valence-corrected chi connectivity index (χ3v) is 10.4. The van der Waals surface area contributed by atoms with E-state index in [2.05, 4.69) is 105 Å². The molecule has 0 amide bonds. The summed E-state index contributed by atoms with van der Waals surface area (Å²) >= 11 is 0. The molecule has 0 aromatic rings. The minimum atomic E-state index is 0.271. The van der Waals surface area contributed by atoms with Crippen LogP contribution in [0.4, 0.5) is 0 Å². The molecular formula is C31H63N3. The van der Waals surface area contributed by atoms with E-state index in [1.54, 1.807) is 0 Å². The van der Waals surface area contributed by atoms with Crippen molar-refractivity contribution in [2.75, 3.05) is 20.6 Å². The van der Waals surface area contributed by atoms with Gasteiger partial charge in [-0.15, -0.1) is 0 Å². The number of hydrogen-bond acceptors (Lipinski definition) is 3. The van der Waals surface area contributed by atoms with Crippen LogP contribution in [0.15, 0.2) is 0 Å². The first-order valence-electron chi connectivity index (χ1n) is 14.6. The van der Waals surface area contributed by atoms with E-state index in [1.165, 1.54) is 64.3 Å². The summed E-state index contributed by atoms with van der Waals surface area (Å²) in [7, 11) is 4.65. The van der Waals surface area contributed by atoms with E-state index in [4.69, 9.17) is 0 Å². The molecule has 3 nitrogen and oxygen atoms in total. The molecule has 0 saturated carbocycles. The van der Waals surface area contributed by atoms with Gasteiger partial charge in [0.15, 0.2) is 0 Å². The molecule has 1 unspecified atom stereocenters. The van der Waals surface area contributed by atoms with Gasteiger partial charge in [-0.1, -0.05) is 32.6 Å². The van der Waals surface area contributed by atoms with Crippen LogP contribution in [-0.2, 0) is 0 Å². The molecule has 1 atom stereocenters. The van der Waals surface area contributed by atoms with E-state index in [0.717, 1.165) is 11.8 Å². The average Bonchev–Trinajstić information content (AvgIpc) is 2.68. The fourth-order valence-electron chi connectivity index (χ4n) is 7.62. The van der Waals surface area contributed by atoms with E-state index in [0.29, 0.717) is 23.2 Å². The highest BCUT2D eigenvalue weighted by Gasteiger charge is 2.45. The summed E-state index contributed by atoms with van der Waals surface area (Å²) in [6.07, 6.45) is 12.2. The Morgan fingerprint density at radius 1 is 0.647 bits per heavy atom. The van der Waals surface area contributed by atoms with Crippen LogP contribution < -0.4 is 0 Å². The highest BCUT2D eigenvalue weighted by atomic mass is 15.3. The minimum absolute atomic E-state index is 0.271. The molecule has 2 fully saturated rings. The maximum absolute atomic E-state index is 2.84.